The molecule has 0 saturated heterocycles. The van der Waals surface area contributed by atoms with E-state index in [1.165, 1.54) is 11.1 Å². The lowest BCUT2D eigenvalue weighted by molar-refractivity contribution is 1.38. The van der Waals surface area contributed by atoms with Crippen molar-refractivity contribution < 1.29 is 0 Å². The maximum atomic E-state index is 4.97. The third-order valence-electron chi connectivity index (χ3n) is 4.78. The topological polar surface area (TPSA) is 25.8 Å². The molecule has 3 aromatic carbocycles. The van der Waals surface area contributed by atoms with Crippen LogP contribution in [0.2, 0.25) is 0 Å². The van der Waals surface area contributed by atoms with Gasteiger partial charge in [-0.2, -0.15) is 0 Å². The maximum absolute atomic E-state index is 4.97. The van der Waals surface area contributed by atoms with E-state index in [0.29, 0.717) is 0 Å². The molecule has 0 unspecified atom stereocenters. The summed E-state index contributed by atoms with van der Waals surface area (Å²) in [6.07, 6.45) is 1.83. The third-order valence-corrected chi connectivity index (χ3v) is 5.31. The molecule has 5 rings (SSSR count). The summed E-state index contributed by atoms with van der Waals surface area (Å²) in [5.74, 6) is 0. The van der Waals surface area contributed by atoms with Crippen LogP contribution >= 0.6 is 15.9 Å². The van der Waals surface area contributed by atoms with Crippen molar-refractivity contribution in [3.63, 3.8) is 0 Å². The Morgan fingerprint density at radius 3 is 2.26 bits per heavy atom. The molecular weight excluding hydrogens is 396 g/mol. The summed E-state index contributed by atoms with van der Waals surface area (Å²) in [4.78, 5) is 9.49. The molecule has 0 spiro atoms. The van der Waals surface area contributed by atoms with Gasteiger partial charge in [0.25, 0.3) is 0 Å². The number of nitrogens with zero attached hydrogens (tertiary/aromatic N) is 2. The van der Waals surface area contributed by atoms with Crippen LogP contribution in [0.15, 0.2) is 95.6 Å². The van der Waals surface area contributed by atoms with Crippen LogP contribution in [0.25, 0.3) is 44.2 Å². The molecule has 27 heavy (non-hydrogen) atoms. The summed E-state index contributed by atoms with van der Waals surface area (Å²) in [7, 11) is 0. The fourth-order valence-electron chi connectivity index (χ4n) is 3.50. The molecule has 0 aliphatic rings. The molecule has 2 heterocycles. The van der Waals surface area contributed by atoms with Crippen molar-refractivity contribution in [2.75, 3.05) is 0 Å². The molecule has 0 amide bonds. The Hall–Kier alpha value is -3.04. The fraction of sp³-hybridized carbons (Fsp3) is 0. The number of rotatable bonds is 2. The summed E-state index contributed by atoms with van der Waals surface area (Å²) in [6.45, 7) is 0. The predicted molar refractivity (Wildman–Crippen MR) is 116 cm³/mol. The van der Waals surface area contributed by atoms with Crippen molar-refractivity contribution in [2.45, 2.75) is 0 Å². The van der Waals surface area contributed by atoms with E-state index in [9.17, 15) is 0 Å². The maximum Gasteiger partial charge on any atom is 0.0723 e. The van der Waals surface area contributed by atoms with Crippen LogP contribution < -0.4 is 0 Å². The Morgan fingerprint density at radius 2 is 1.44 bits per heavy atom. The zero-order chi connectivity index (χ0) is 18.2. The number of pyridine rings is 2. The molecule has 0 radical (unpaired) electrons. The summed E-state index contributed by atoms with van der Waals surface area (Å²) in [5, 5.41) is 2.27. The van der Waals surface area contributed by atoms with Crippen molar-refractivity contribution >= 4 is 37.7 Å². The van der Waals surface area contributed by atoms with Crippen molar-refractivity contribution in [3.8, 4) is 22.4 Å². The average Bonchev–Trinajstić information content (AvgIpc) is 2.74. The molecule has 0 aliphatic heterocycles. The summed E-state index contributed by atoms with van der Waals surface area (Å²) < 4.78 is 1.06. The highest BCUT2D eigenvalue weighted by atomic mass is 79.9. The number of hydrogen-bond donors (Lipinski definition) is 0. The Balaban J connectivity index is 1.88. The van der Waals surface area contributed by atoms with Gasteiger partial charge in [-0.15, -0.1) is 0 Å². The number of benzene rings is 3. The van der Waals surface area contributed by atoms with Crippen LogP contribution in [0.1, 0.15) is 0 Å². The highest BCUT2D eigenvalue weighted by Crippen LogP contribution is 2.36. The van der Waals surface area contributed by atoms with Gasteiger partial charge in [0.1, 0.15) is 0 Å². The van der Waals surface area contributed by atoms with Crippen molar-refractivity contribution in [2.24, 2.45) is 0 Å². The zero-order valence-corrected chi connectivity index (χ0v) is 16.0. The van der Waals surface area contributed by atoms with E-state index in [2.05, 4.69) is 75.5 Å². The van der Waals surface area contributed by atoms with Gasteiger partial charge in [-0.1, -0.05) is 64.5 Å². The molecule has 2 aromatic heterocycles. The molecule has 0 N–H and O–H groups in total. The smallest absolute Gasteiger partial charge is 0.0723 e. The van der Waals surface area contributed by atoms with Gasteiger partial charge in [0.15, 0.2) is 0 Å². The first-order valence-electron chi connectivity index (χ1n) is 8.79. The second kappa shape index (κ2) is 6.60. The molecule has 0 saturated carbocycles. The number of hydrogen-bond acceptors (Lipinski definition) is 2. The van der Waals surface area contributed by atoms with Gasteiger partial charge in [-0.3, -0.25) is 4.98 Å². The van der Waals surface area contributed by atoms with Gasteiger partial charge in [0.2, 0.25) is 0 Å². The van der Waals surface area contributed by atoms with E-state index in [1.54, 1.807) is 0 Å². The van der Waals surface area contributed by atoms with Crippen LogP contribution in [0.4, 0.5) is 0 Å². The first-order valence-corrected chi connectivity index (χ1v) is 9.59. The number of halogens is 1. The second-order valence-corrected chi connectivity index (χ2v) is 7.37. The second-order valence-electron chi connectivity index (χ2n) is 6.46. The fourth-order valence-corrected chi connectivity index (χ4v) is 3.77. The summed E-state index contributed by atoms with van der Waals surface area (Å²) >= 11 is 3.51. The largest absolute Gasteiger partial charge is 0.256 e. The van der Waals surface area contributed by atoms with E-state index < -0.39 is 0 Å². The minimum atomic E-state index is 0.970. The van der Waals surface area contributed by atoms with Crippen LogP contribution in [-0.4, -0.2) is 9.97 Å². The SMILES string of the molecule is Brc1ccc(-c2cc(-c3ccccc3)c3c(ccc4ncccc43)n2)cc1. The van der Waals surface area contributed by atoms with Gasteiger partial charge < -0.3 is 0 Å². The molecule has 128 valence electrons. The standard InChI is InChI=1S/C24H15BrN2/c25-18-10-8-17(9-11-18)23-15-20(16-5-2-1-3-6-16)24-19-7-4-14-26-21(19)12-13-22(24)27-23/h1-15H. The van der Waals surface area contributed by atoms with Gasteiger partial charge >= 0.3 is 0 Å². The number of fused-ring (bicyclic) bond motifs is 3. The summed E-state index contributed by atoms with van der Waals surface area (Å²) in [6, 6.07) is 29.2. The average molecular weight is 411 g/mol. The van der Waals surface area contributed by atoms with Crippen LogP contribution in [-0.2, 0) is 0 Å². The van der Waals surface area contributed by atoms with Crippen LogP contribution in [0.5, 0.6) is 0 Å². The highest BCUT2D eigenvalue weighted by molar-refractivity contribution is 9.10. The molecule has 3 heteroatoms. The minimum absolute atomic E-state index is 0.970. The van der Waals surface area contributed by atoms with Crippen molar-refractivity contribution in [3.05, 3.63) is 95.6 Å². The molecule has 0 aliphatic carbocycles. The van der Waals surface area contributed by atoms with Crippen molar-refractivity contribution in [1.29, 1.82) is 0 Å². The molecule has 0 fully saturated rings. The van der Waals surface area contributed by atoms with E-state index in [-0.39, 0.29) is 0 Å². The third kappa shape index (κ3) is 2.90. The van der Waals surface area contributed by atoms with E-state index in [1.807, 2.05) is 36.5 Å². The highest BCUT2D eigenvalue weighted by Gasteiger charge is 2.12. The predicted octanol–water partition coefficient (Wildman–Crippen LogP) is 6.88. The Morgan fingerprint density at radius 1 is 0.667 bits per heavy atom. The Kier molecular flexibility index (Phi) is 3.95. The first kappa shape index (κ1) is 16.2. The van der Waals surface area contributed by atoms with Crippen molar-refractivity contribution in [1.82, 2.24) is 9.97 Å². The van der Waals surface area contributed by atoms with Crippen LogP contribution in [0.3, 0.4) is 0 Å². The Labute approximate surface area is 165 Å². The van der Waals surface area contributed by atoms with Gasteiger partial charge in [-0.05, 0) is 47.5 Å². The lowest BCUT2D eigenvalue weighted by Gasteiger charge is -2.12. The molecular formula is C24H15BrN2. The molecule has 0 bridgehead atoms. The van der Waals surface area contributed by atoms with E-state index in [4.69, 9.17) is 4.98 Å². The molecule has 5 aromatic rings. The summed E-state index contributed by atoms with van der Waals surface area (Å²) in [5.41, 5.74) is 6.40. The van der Waals surface area contributed by atoms with Crippen LogP contribution in [0, 0.1) is 0 Å². The zero-order valence-electron chi connectivity index (χ0n) is 14.4. The molecule has 2 nitrogen and oxygen atoms in total. The normalized spacial score (nSPS) is 11.1. The first-order chi connectivity index (χ1) is 13.3. The lowest BCUT2D eigenvalue weighted by atomic mass is 9.96. The van der Waals surface area contributed by atoms with Gasteiger partial charge in [0, 0.05) is 27.0 Å². The van der Waals surface area contributed by atoms with Gasteiger partial charge in [0.05, 0.1) is 16.7 Å². The molecule has 0 atom stereocenters. The Bertz CT molecular complexity index is 1260. The van der Waals surface area contributed by atoms with Gasteiger partial charge in [-0.25, -0.2) is 4.98 Å². The van der Waals surface area contributed by atoms with E-state index >= 15 is 0 Å². The number of aromatic nitrogens is 2. The minimum Gasteiger partial charge on any atom is -0.256 e. The monoisotopic (exact) mass is 410 g/mol. The lowest BCUT2D eigenvalue weighted by Crippen LogP contribution is -1.92. The quantitative estimate of drug-likeness (QED) is 0.296. The van der Waals surface area contributed by atoms with E-state index in [0.717, 1.165) is 37.5 Å².